The summed E-state index contributed by atoms with van der Waals surface area (Å²) in [7, 11) is 0. The first-order chi connectivity index (χ1) is 5.24. The molecule has 0 bridgehead atoms. The van der Waals surface area contributed by atoms with Crippen molar-refractivity contribution in [3.05, 3.63) is 42.2 Å². The second-order valence-electron chi connectivity index (χ2n) is 2.56. The topological polar surface area (TPSA) is 38.9 Å². The Morgan fingerprint density at radius 3 is 2.91 bits per heavy atom. The molecule has 0 spiro atoms. The molecule has 11 heavy (non-hydrogen) atoms. The second-order valence-corrected chi connectivity index (χ2v) is 2.56. The van der Waals surface area contributed by atoms with Gasteiger partial charge >= 0.3 is 0 Å². The monoisotopic (exact) mass is 148 g/mol. The number of rotatable bonds is 2. The molecule has 0 saturated carbocycles. The zero-order chi connectivity index (χ0) is 8.27. The van der Waals surface area contributed by atoms with Crippen LogP contribution in [-0.2, 0) is 0 Å². The average Bonchev–Trinajstić information content (AvgIpc) is 2.03. The third kappa shape index (κ3) is 1.88. The van der Waals surface area contributed by atoms with Gasteiger partial charge in [-0.05, 0) is 18.1 Å². The largest absolute Gasteiger partial charge is 0.321 e. The molecule has 0 fully saturated rings. The van der Waals surface area contributed by atoms with Crippen molar-refractivity contribution < 1.29 is 0 Å². The minimum Gasteiger partial charge on any atom is -0.321 e. The Morgan fingerprint density at radius 1 is 1.64 bits per heavy atom. The van der Waals surface area contributed by atoms with Crippen LogP contribution in [0.5, 0.6) is 0 Å². The van der Waals surface area contributed by atoms with E-state index >= 15 is 0 Å². The molecule has 0 saturated heterocycles. The van der Waals surface area contributed by atoms with Crippen molar-refractivity contribution in [3.63, 3.8) is 0 Å². The Bertz CT molecular complexity index is 255. The molecule has 0 aromatic carbocycles. The molecule has 0 radical (unpaired) electrons. The molecule has 1 heterocycles. The molecule has 2 heteroatoms. The molecule has 0 aliphatic rings. The summed E-state index contributed by atoms with van der Waals surface area (Å²) in [4.78, 5) is 4.03. The first-order valence-electron chi connectivity index (χ1n) is 3.53. The summed E-state index contributed by atoms with van der Waals surface area (Å²) in [6.45, 7) is 5.61. The Balaban J connectivity index is 2.95. The van der Waals surface area contributed by atoms with Crippen molar-refractivity contribution in [2.75, 3.05) is 0 Å². The molecule has 58 valence electrons. The van der Waals surface area contributed by atoms with E-state index in [0.29, 0.717) is 0 Å². The Hall–Kier alpha value is -1.15. The minimum absolute atomic E-state index is 0.0950. The van der Waals surface area contributed by atoms with E-state index < -0.39 is 0 Å². The summed E-state index contributed by atoms with van der Waals surface area (Å²) < 4.78 is 0. The third-order valence-electron chi connectivity index (χ3n) is 1.53. The maximum atomic E-state index is 5.71. The highest BCUT2D eigenvalue weighted by atomic mass is 14.7. The second kappa shape index (κ2) is 3.30. The highest BCUT2D eigenvalue weighted by Gasteiger charge is 1.99. The van der Waals surface area contributed by atoms with Crippen LogP contribution < -0.4 is 5.73 Å². The Kier molecular flexibility index (Phi) is 2.39. The third-order valence-corrected chi connectivity index (χ3v) is 1.53. The van der Waals surface area contributed by atoms with Gasteiger partial charge in [0.15, 0.2) is 0 Å². The number of pyridine rings is 1. The Labute approximate surface area is 66.8 Å². The molecule has 1 aromatic heterocycles. The van der Waals surface area contributed by atoms with Gasteiger partial charge in [-0.25, -0.2) is 0 Å². The van der Waals surface area contributed by atoms with E-state index in [0.717, 1.165) is 11.1 Å². The molecule has 0 amide bonds. The van der Waals surface area contributed by atoms with Crippen LogP contribution >= 0.6 is 0 Å². The van der Waals surface area contributed by atoms with Gasteiger partial charge in [0.25, 0.3) is 0 Å². The zero-order valence-corrected chi connectivity index (χ0v) is 6.62. The van der Waals surface area contributed by atoms with Crippen molar-refractivity contribution in [1.82, 2.24) is 4.98 Å². The molecular formula is C9H12N2. The molecule has 0 aliphatic heterocycles. The van der Waals surface area contributed by atoms with Crippen molar-refractivity contribution in [1.29, 1.82) is 0 Å². The van der Waals surface area contributed by atoms with Crippen molar-refractivity contribution in [2.45, 2.75) is 13.0 Å². The summed E-state index contributed by atoms with van der Waals surface area (Å²) in [5, 5.41) is 0. The quantitative estimate of drug-likeness (QED) is 0.646. The van der Waals surface area contributed by atoms with Gasteiger partial charge in [-0.15, -0.1) is 6.58 Å². The number of hydrogen-bond acceptors (Lipinski definition) is 2. The summed E-state index contributed by atoms with van der Waals surface area (Å²) in [6.07, 6.45) is 5.27. The van der Waals surface area contributed by atoms with Crippen LogP contribution in [0, 0.1) is 6.92 Å². The van der Waals surface area contributed by atoms with E-state index in [1.165, 1.54) is 0 Å². The Morgan fingerprint density at radius 2 is 2.36 bits per heavy atom. The fourth-order valence-electron chi connectivity index (χ4n) is 0.897. The van der Waals surface area contributed by atoms with Crippen molar-refractivity contribution >= 4 is 0 Å². The van der Waals surface area contributed by atoms with Crippen LogP contribution in [0.1, 0.15) is 17.2 Å². The maximum Gasteiger partial charge on any atom is 0.0493 e. The predicted molar refractivity (Wildman–Crippen MR) is 46.1 cm³/mol. The van der Waals surface area contributed by atoms with Gasteiger partial charge in [0.2, 0.25) is 0 Å². The minimum atomic E-state index is -0.0950. The smallest absolute Gasteiger partial charge is 0.0493 e. The van der Waals surface area contributed by atoms with Crippen LogP contribution in [0.15, 0.2) is 31.1 Å². The number of nitrogens with zero attached hydrogens (tertiary/aromatic N) is 1. The van der Waals surface area contributed by atoms with Gasteiger partial charge in [-0.1, -0.05) is 12.1 Å². The number of nitrogens with two attached hydrogens (primary N) is 1. The molecule has 0 unspecified atom stereocenters. The first kappa shape index (κ1) is 7.95. The molecule has 1 aromatic rings. The first-order valence-corrected chi connectivity index (χ1v) is 3.53. The summed E-state index contributed by atoms with van der Waals surface area (Å²) >= 11 is 0. The van der Waals surface area contributed by atoms with E-state index in [4.69, 9.17) is 5.73 Å². The molecule has 2 nitrogen and oxygen atoms in total. The van der Waals surface area contributed by atoms with E-state index in [9.17, 15) is 0 Å². The maximum absolute atomic E-state index is 5.71. The summed E-state index contributed by atoms with van der Waals surface area (Å²) in [5.74, 6) is 0. The zero-order valence-electron chi connectivity index (χ0n) is 6.62. The van der Waals surface area contributed by atoms with E-state index in [1.807, 2.05) is 13.0 Å². The van der Waals surface area contributed by atoms with Crippen LogP contribution in [0.2, 0.25) is 0 Å². The molecule has 0 aliphatic carbocycles. The highest BCUT2D eigenvalue weighted by Crippen LogP contribution is 2.10. The fourth-order valence-corrected chi connectivity index (χ4v) is 0.897. The lowest BCUT2D eigenvalue weighted by atomic mass is 10.1. The van der Waals surface area contributed by atoms with Gasteiger partial charge < -0.3 is 5.73 Å². The van der Waals surface area contributed by atoms with E-state index in [-0.39, 0.29) is 6.04 Å². The lowest BCUT2D eigenvalue weighted by molar-refractivity contribution is 0.900. The van der Waals surface area contributed by atoms with Crippen LogP contribution in [0.4, 0.5) is 0 Å². The fraction of sp³-hybridized carbons (Fsp3) is 0.222. The normalized spacial score (nSPS) is 12.5. The lowest BCUT2D eigenvalue weighted by Crippen LogP contribution is -2.06. The number of aryl methyl sites for hydroxylation is 1. The van der Waals surface area contributed by atoms with Crippen molar-refractivity contribution in [3.8, 4) is 0 Å². The SMILES string of the molecule is C=C[C@@H](N)c1cncc(C)c1. The molecule has 1 rings (SSSR count). The molecule has 1 atom stereocenters. The van der Waals surface area contributed by atoms with Gasteiger partial charge in [0.05, 0.1) is 0 Å². The van der Waals surface area contributed by atoms with E-state index in [2.05, 4.69) is 11.6 Å². The number of hydrogen-bond donors (Lipinski definition) is 1. The summed E-state index contributed by atoms with van der Waals surface area (Å²) in [6, 6.07) is 1.92. The van der Waals surface area contributed by atoms with Crippen LogP contribution in [-0.4, -0.2) is 4.98 Å². The van der Waals surface area contributed by atoms with Crippen LogP contribution in [0.3, 0.4) is 0 Å². The molecule has 2 N–H and O–H groups in total. The average molecular weight is 148 g/mol. The lowest BCUT2D eigenvalue weighted by Gasteiger charge is -2.05. The van der Waals surface area contributed by atoms with Crippen molar-refractivity contribution in [2.24, 2.45) is 5.73 Å². The standard InChI is InChI=1S/C9H12N2/c1-3-9(10)8-4-7(2)5-11-6-8/h3-6,9H,1,10H2,2H3/t9-/m1/s1. The van der Waals surface area contributed by atoms with E-state index in [1.54, 1.807) is 18.5 Å². The van der Waals surface area contributed by atoms with Gasteiger partial charge in [0, 0.05) is 18.4 Å². The molecular weight excluding hydrogens is 136 g/mol. The van der Waals surface area contributed by atoms with Gasteiger partial charge in [-0.2, -0.15) is 0 Å². The summed E-state index contributed by atoms with van der Waals surface area (Å²) in [5.41, 5.74) is 7.84. The highest BCUT2D eigenvalue weighted by molar-refractivity contribution is 5.22. The number of aromatic nitrogens is 1. The van der Waals surface area contributed by atoms with Gasteiger partial charge in [-0.3, -0.25) is 4.98 Å². The van der Waals surface area contributed by atoms with Gasteiger partial charge in [0.1, 0.15) is 0 Å². The van der Waals surface area contributed by atoms with Crippen LogP contribution in [0.25, 0.3) is 0 Å². The predicted octanol–water partition coefficient (Wildman–Crippen LogP) is 1.58.